The van der Waals surface area contributed by atoms with Gasteiger partial charge in [-0.1, -0.05) is 116 Å². The van der Waals surface area contributed by atoms with Crippen molar-refractivity contribution in [3.8, 4) is 22.3 Å². The highest BCUT2D eigenvalue weighted by atomic mass is 16.2. The first-order chi connectivity index (χ1) is 18.7. The maximum atomic E-state index is 13.6. The average Bonchev–Trinajstić information content (AvgIpc) is 2.98. The van der Waals surface area contributed by atoms with E-state index in [2.05, 4.69) is 48.0 Å². The molecule has 0 spiro atoms. The summed E-state index contributed by atoms with van der Waals surface area (Å²) in [5.41, 5.74) is 6.66. The predicted octanol–water partition coefficient (Wildman–Crippen LogP) is 8.39. The van der Waals surface area contributed by atoms with Crippen LogP contribution in [0.25, 0.3) is 22.3 Å². The van der Waals surface area contributed by atoms with Crippen LogP contribution in [-0.2, 0) is 0 Å². The summed E-state index contributed by atoms with van der Waals surface area (Å²) in [5, 5.41) is 0. The summed E-state index contributed by atoms with van der Waals surface area (Å²) in [6.07, 6.45) is 0. The summed E-state index contributed by atoms with van der Waals surface area (Å²) in [6.45, 7) is 4.39. The summed E-state index contributed by atoms with van der Waals surface area (Å²) >= 11 is 0. The molecule has 0 saturated heterocycles. The Morgan fingerprint density at radius 1 is 0.474 bits per heavy atom. The smallest absolute Gasteiger partial charge is 0.280 e. The van der Waals surface area contributed by atoms with Crippen LogP contribution in [0.1, 0.15) is 5.56 Å². The maximum absolute atomic E-state index is 13.6. The van der Waals surface area contributed by atoms with Crippen LogP contribution in [0, 0.1) is 0 Å². The van der Waals surface area contributed by atoms with E-state index in [4.69, 9.17) is 0 Å². The van der Waals surface area contributed by atoms with Crippen molar-refractivity contribution in [1.29, 1.82) is 0 Å². The van der Waals surface area contributed by atoms with Crippen LogP contribution in [0.3, 0.4) is 0 Å². The molecule has 1 heterocycles. The minimum Gasteiger partial charge on any atom is -0.280 e. The van der Waals surface area contributed by atoms with Crippen LogP contribution < -0.4 is 9.80 Å². The second kappa shape index (κ2) is 10.0. The molecule has 0 unspecified atom stereocenters. The molecule has 2 amide bonds. The number of anilines is 2. The number of rotatable bonds is 5. The minimum absolute atomic E-state index is 0.382. The molecule has 1 aliphatic rings. The van der Waals surface area contributed by atoms with Crippen molar-refractivity contribution in [2.24, 2.45) is 4.99 Å². The molecule has 4 nitrogen and oxygen atoms in total. The van der Waals surface area contributed by atoms with Crippen molar-refractivity contribution in [3.63, 3.8) is 0 Å². The predicted molar refractivity (Wildman–Crippen MR) is 156 cm³/mol. The standard InChI is InChI=1S/C34H25N3O/c1-25-36(31-20-9-4-10-21-31)33(30-19-11-17-28(23-30)26-13-5-2-6-14-26)35-34(38)37(25)32-22-12-18-29(24-32)27-15-7-3-8-16-27/h2-24H,1H2. The van der Waals surface area contributed by atoms with Gasteiger partial charge < -0.3 is 0 Å². The number of para-hydroxylation sites is 1. The molecule has 5 aromatic rings. The van der Waals surface area contributed by atoms with E-state index in [0.717, 1.165) is 33.5 Å². The summed E-state index contributed by atoms with van der Waals surface area (Å²) in [5.74, 6) is 1.06. The normalized spacial score (nSPS) is 13.4. The zero-order chi connectivity index (χ0) is 25.9. The molecular formula is C34H25N3O. The van der Waals surface area contributed by atoms with Crippen LogP contribution in [-0.4, -0.2) is 11.9 Å². The number of amides is 2. The zero-order valence-electron chi connectivity index (χ0n) is 20.7. The zero-order valence-corrected chi connectivity index (χ0v) is 20.7. The van der Waals surface area contributed by atoms with Gasteiger partial charge in [-0.25, -0.2) is 9.69 Å². The first kappa shape index (κ1) is 23.2. The van der Waals surface area contributed by atoms with Crippen LogP contribution in [0.5, 0.6) is 0 Å². The molecule has 0 fully saturated rings. The minimum atomic E-state index is -0.382. The molecule has 0 aliphatic carbocycles. The fourth-order valence-corrected chi connectivity index (χ4v) is 4.75. The van der Waals surface area contributed by atoms with E-state index < -0.39 is 0 Å². The molecule has 1 aliphatic heterocycles. The summed E-state index contributed by atoms with van der Waals surface area (Å²) in [7, 11) is 0. The number of nitrogens with zero attached hydrogens (tertiary/aromatic N) is 3. The SMILES string of the molecule is C=C1N(c2cccc(-c3ccccc3)c2)C(=O)N=C(c2cccc(-c3ccccc3)c2)N1c1ccccc1. The van der Waals surface area contributed by atoms with Crippen molar-refractivity contribution in [3.05, 3.63) is 157 Å². The van der Waals surface area contributed by atoms with Gasteiger partial charge in [0.15, 0.2) is 5.84 Å². The number of carbonyl (C=O) groups excluding carboxylic acids is 1. The maximum Gasteiger partial charge on any atom is 0.355 e. The first-order valence-corrected chi connectivity index (χ1v) is 12.5. The van der Waals surface area contributed by atoms with E-state index in [1.165, 1.54) is 0 Å². The van der Waals surface area contributed by atoms with Gasteiger partial charge in [0.1, 0.15) is 5.82 Å². The molecule has 0 N–H and O–H groups in total. The Morgan fingerprint density at radius 2 is 0.947 bits per heavy atom. The lowest BCUT2D eigenvalue weighted by Gasteiger charge is -2.37. The number of carbonyl (C=O) groups is 1. The fraction of sp³-hybridized carbons (Fsp3) is 0. The highest BCUT2D eigenvalue weighted by Crippen LogP contribution is 2.34. The Labute approximate surface area is 222 Å². The first-order valence-electron chi connectivity index (χ1n) is 12.5. The van der Waals surface area contributed by atoms with E-state index >= 15 is 0 Å². The third-order valence-electron chi connectivity index (χ3n) is 6.57. The van der Waals surface area contributed by atoms with E-state index in [-0.39, 0.29) is 6.03 Å². The van der Waals surface area contributed by atoms with E-state index in [1.54, 1.807) is 4.90 Å². The second-order valence-corrected chi connectivity index (χ2v) is 9.00. The number of urea groups is 1. The quantitative estimate of drug-likeness (QED) is 0.247. The van der Waals surface area contributed by atoms with Gasteiger partial charge in [-0.3, -0.25) is 4.90 Å². The number of hydrogen-bond acceptors (Lipinski definition) is 2. The van der Waals surface area contributed by atoms with Gasteiger partial charge in [0, 0.05) is 11.3 Å². The van der Waals surface area contributed by atoms with Gasteiger partial charge in [0.05, 0.1) is 5.69 Å². The topological polar surface area (TPSA) is 35.9 Å². The fourth-order valence-electron chi connectivity index (χ4n) is 4.75. The van der Waals surface area contributed by atoms with Gasteiger partial charge in [-0.05, 0) is 52.6 Å². The lowest BCUT2D eigenvalue weighted by molar-refractivity contribution is 0.255. The third kappa shape index (κ3) is 4.40. The number of aliphatic imine (C=N–C) groups is 1. The molecular weight excluding hydrogens is 466 g/mol. The van der Waals surface area contributed by atoms with Gasteiger partial charge in [0.2, 0.25) is 0 Å². The summed E-state index contributed by atoms with van der Waals surface area (Å²) < 4.78 is 0. The lowest BCUT2D eigenvalue weighted by Crippen LogP contribution is -2.46. The van der Waals surface area contributed by atoms with Crippen LogP contribution in [0.15, 0.2) is 157 Å². The number of amidine groups is 1. The molecule has 0 bridgehead atoms. The van der Waals surface area contributed by atoms with E-state index in [1.807, 2.05) is 108 Å². The molecule has 4 heteroatoms. The Balaban J connectivity index is 1.46. The van der Waals surface area contributed by atoms with Crippen LogP contribution in [0.2, 0.25) is 0 Å². The van der Waals surface area contributed by atoms with Crippen molar-refractivity contribution in [2.75, 3.05) is 9.80 Å². The molecule has 0 atom stereocenters. The molecule has 6 rings (SSSR count). The Morgan fingerprint density at radius 3 is 1.58 bits per heavy atom. The van der Waals surface area contributed by atoms with Gasteiger partial charge >= 0.3 is 6.03 Å². The molecule has 0 saturated carbocycles. The lowest BCUT2D eigenvalue weighted by atomic mass is 10.0. The molecule has 0 aromatic heterocycles. The Hall–Kier alpha value is -5.22. The van der Waals surface area contributed by atoms with Gasteiger partial charge in [-0.15, -0.1) is 0 Å². The number of hydrogen-bond donors (Lipinski definition) is 0. The van der Waals surface area contributed by atoms with Gasteiger partial charge in [0.25, 0.3) is 0 Å². The third-order valence-corrected chi connectivity index (χ3v) is 6.57. The van der Waals surface area contributed by atoms with Crippen molar-refractivity contribution < 1.29 is 4.79 Å². The Kier molecular flexibility index (Phi) is 6.12. The monoisotopic (exact) mass is 491 g/mol. The van der Waals surface area contributed by atoms with E-state index in [9.17, 15) is 4.79 Å². The summed E-state index contributed by atoms with van der Waals surface area (Å²) in [4.78, 5) is 21.8. The van der Waals surface area contributed by atoms with Crippen molar-refractivity contribution in [2.45, 2.75) is 0 Å². The summed E-state index contributed by atoms with van der Waals surface area (Å²) in [6, 6.07) is 45.8. The highest BCUT2D eigenvalue weighted by Gasteiger charge is 2.33. The molecule has 5 aromatic carbocycles. The highest BCUT2D eigenvalue weighted by molar-refractivity contribution is 6.21. The van der Waals surface area contributed by atoms with Crippen molar-refractivity contribution in [1.82, 2.24) is 0 Å². The van der Waals surface area contributed by atoms with Gasteiger partial charge in [-0.2, -0.15) is 4.99 Å². The second-order valence-electron chi connectivity index (χ2n) is 9.00. The molecule has 0 radical (unpaired) electrons. The average molecular weight is 492 g/mol. The molecule has 182 valence electrons. The van der Waals surface area contributed by atoms with Crippen LogP contribution in [0.4, 0.5) is 16.2 Å². The van der Waals surface area contributed by atoms with Crippen LogP contribution >= 0.6 is 0 Å². The molecule has 38 heavy (non-hydrogen) atoms. The van der Waals surface area contributed by atoms with E-state index in [0.29, 0.717) is 17.3 Å². The Bertz CT molecular complexity index is 1640. The number of benzene rings is 5. The largest absolute Gasteiger partial charge is 0.355 e. The van der Waals surface area contributed by atoms with Crippen molar-refractivity contribution >= 4 is 23.2 Å².